The molecule has 0 unspecified atom stereocenters. The number of hydrogen-bond acceptors (Lipinski definition) is 3. The number of imidazole rings is 1. The first-order valence-electron chi connectivity index (χ1n) is 7.41. The molecular weight excluding hydrogens is 321 g/mol. The van der Waals surface area contributed by atoms with Gasteiger partial charge in [0.15, 0.2) is 0 Å². The van der Waals surface area contributed by atoms with Crippen LogP contribution in [0.1, 0.15) is 32.7 Å². The minimum Gasteiger partial charge on any atom is -0.494 e. The Bertz CT molecular complexity index is 706. The van der Waals surface area contributed by atoms with Gasteiger partial charge in [0.25, 0.3) is 0 Å². The first-order chi connectivity index (χ1) is 10.9. The van der Waals surface area contributed by atoms with Crippen LogP contribution >= 0.6 is 0 Å². The molecular formula is C17H23F3N2O2. The van der Waals surface area contributed by atoms with Crippen LogP contribution in [0.3, 0.4) is 0 Å². The van der Waals surface area contributed by atoms with E-state index in [9.17, 15) is 13.2 Å². The summed E-state index contributed by atoms with van der Waals surface area (Å²) in [6.07, 6.45) is -2.47. The molecule has 1 aromatic carbocycles. The number of aromatic nitrogens is 2. The Morgan fingerprint density at radius 3 is 2.50 bits per heavy atom. The summed E-state index contributed by atoms with van der Waals surface area (Å²) in [6, 6.07) is 3.56. The molecule has 7 heteroatoms. The highest BCUT2D eigenvalue weighted by atomic mass is 19.4. The quantitative estimate of drug-likeness (QED) is 0.793. The van der Waals surface area contributed by atoms with Gasteiger partial charge >= 0.3 is 6.18 Å². The number of rotatable bonds is 2. The molecule has 0 N–H and O–H groups in total. The number of allylic oxidation sites excluding steroid dienone is 1. The first-order valence-corrected chi connectivity index (χ1v) is 7.41. The second kappa shape index (κ2) is 8.08. The molecule has 2 heterocycles. The van der Waals surface area contributed by atoms with Crippen LogP contribution in [-0.2, 0) is 29.1 Å². The highest BCUT2D eigenvalue weighted by Gasteiger charge is 2.31. The third-order valence-corrected chi connectivity index (χ3v) is 3.34. The van der Waals surface area contributed by atoms with Crippen molar-refractivity contribution in [2.75, 3.05) is 13.2 Å². The molecule has 2 aromatic rings. The maximum absolute atomic E-state index is 12.7. The van der Waals surface area contributed by atoms with Gasteiger partial charge in [-0.25, -0.2) is 4.98 Å². The fourth-order valence-corrected chi connectivity index (χ4v) is 2.24. The molecule has 1 aliphatic heterocycles. The van der Waals surface area contributed by atoms with Gasteiger partial charge < -0.3 is 14.0 Å². The summed E-state index contributed by atoms with van der Waals surface area (Å²) in [6.45, 7) is 4.97. The monoisotopic (exact) mass is 344 g/mol. The molecule has 24 heavy (non-hydrogen) atoms. The zero-order valence-electron chi connectivity index (χ0n) is 13.3. The van der Waals surface area contributed by atoms with Crippen LogP contribution in [0.5, 0.6) is 0 Å². The van der Waals surface area contributed by atoms with Gasteiger partial charge in [0.1, 0.15) is 31.1 Å². The number of aryl methyl sites for hydroxylation is 1. The number of alkyl halides is 3. The zero-order valence-corrected chi connectivity index (χ0v) is 13.3. The van der Waals surface area contributed by atoms with Crippen LogP contribution in [0.15, 0.2) is 30.2 Å². The van der Waals surface area contributed by atoms with E-state index >= 15 is 0 Å². The standard InChI is InChI=1S/C14H13F3N2O2.C2H6.CH4/c1-19-12-3-2-9(14(15,16)17)6-11(12)18-13(19)7-10-8-20-4-5-21-10;1-2;/h2-3,6,8H,4-5,7H2,1H3;1-2H3;1H4. The van der Waals surface area contributed by atoms with Crippen molar-refractivity contribution in [3.05, 3.63) is 41.6 Å². The van der Waals surface area contributed by atoms with Crippen molar-refractivity contribution in [3.63, 3.8) is 0 Å². The molecule has 0 amide bonds. The Balaban J connectivity index is 0.000000925. The van der Waals surface area contributed by atoms with E-state index in [-0.39, 0.29) is 7.43 Å². The fraction of sp³-hybridized carbons (Fsp3) is 0.471. The SMILES string of the molecule is C.CC.Cn1c(CC2=COCCO2)nc2cc(C(F)(F)F)ccc21. The maximum Gasteiger partial charge on any atom is 0.416 e. The van der Waals surface area contributed by atoms with E-state index in [0.717, 1.165) is 12.1 Å². The Kier molecular flexibility index (Phi) is 6.69. The topological polar surface area (TPSA) is 36.3 Å². The highest BCUT2D eigenvalue weighted by Crippen LogP contribution is 2.31. The van der Waals surface area contributed by atoms with E-state index in [2.05, 4.69) is 4.98 Å². The largest absolute Gasteiger partial charge is 0.494 e. The Morgan fingerprint density at radius 1 is 1.21 bits per heavy atom. The van der Waals surface area contributed by atoms with Crippen LogP contribution in [-0.4, -0.2) is 22.8 Å². The van der Waals surface area contributed by atoms with E-state index in [1.54, 1.807) is 11.6 Å². The number of fused-ring (bicyclic) bond motifs is 1. The van der Waals surface area contributed by atoms with E-state index in [1.807, 2.05) is 13.8 Å². The number of ether oxygens (including phenoxy) is 2. The van der Waals surface area contributed by atoms with E-state index in [0.29, 0.717) is 42.3 Å². The van der Waals surface area contributed by atoms with Gasteiger partial charge in [-0.1, -0.05) is 21.3 Å². The molecule has 1 aromatic heterocycles. The van der Waals surface area contributed by atoms with Gasteiger partial charge in [0, 0.05) is 7.05 Å². The summed E-state index contributed by atoms with van der Waals surface area (Å²) in [5.74, 6) is 1.25. The molecule has 0 fully saturated rings. The number of halogens is 3. The first kappa shape index (κ1) is 19.9. The molecule has 0 atom stereocenters. The van der Waals surface area contributed by atoms with Crippen molar-refractivity contribution < 1.29 is 22.6 Å². The maximum atomic E-state index is 12.7. The van der Waals surface area contributed by atoms with Gasteiger partial charge in [-0.05, 0) is 18.2 Å². The average molecular weight is 344 g/mol. The lowest BCUT2D eigenvalue weighted by molar-refractivity contribution is -0.137. The molecule has 0 saturated heterocycles. The van der Waals surface area contributed by atoms with Crippen molar-refractivity contribution >= 4 is 11.0 Å². The molecule has 0 radical (unpaired) electrons. The number of nitrogens with zero attached hydrogens (tertiary/aromatic N) is 2. The second-order valence-corrected chi connectivity index (χ2v) is 4.77. The van der Waals surface area contributed by atoms with Gasteiger partial charge in [-0.2, -0.15) is 13.2 Å². The normalized spacial score (nSPS) is 13.8. The van der Waals surface area contributed by atoms with Gasteiger partial charge in [0.05, 0.1) is 23.0 Å². The molecule has 0 bridgehead atoms. The average Bonchev–Trinajstić information content (AvgIpc) is 2.85. The van der Waals surface area contributed by atoms with Crippen molar-refractivity contribution in [2.24, 2.45) is 7.05 Å². The summed E-state index contributed by atoms with van der Waals surface area (Å²) < 4.78 is 50.5. The molecule has 0 aliphatic carbocycles. The van der Waals surface area contributed by atoms with Crippen LogP contribution in [0.25, 0.3) is 11.0 Å². The van der Waals surface area contributed by atoms with Gasteiger partial charge in [0.2, 0.25) is 0 Å². The van der Waals surface area contributed by atoms with Crippen LogP contribution in [0.4, 0.5) is 13.2 Å². The second-order valence-electron chi connectivity index (χ2n) is 4.77. The van der Waals surface area contributed by atoms with Crippen molar-refractivity contribution in [1.82, 2.24) is 9.55 Å². The molecule has 0 saturated carbocycles. The summed E-state index contributed by atoms with van der Waals surface area (Å²) in [5, 5.41) is 0. The lowest BCUT2D eigenvalue weighted by Gasteiger charge is -2.15. The van der Waals surface area contributed by atoms with Crippen molar-refractivity contribution in [3.8, 4) is 0 Å². The van der Waals surface area contributed by atoms with Crippen molar-refractivity contribution in [2.45, 2.75) is 33.9 Å². The predicted molar refractivity (Wildman–Crippen MR) is 87.5 cm³/mol. The van der Waals surface area contributed by atoms with E-state index in [1.165, 1.54) is 12.3 Å². The van der Waals surface area contributed by atoms with Crippen LogP contribution < -0.4 is 0 Å². The minimum absolute atomic E-state index is 0. The van der Waals surface area contributed by atoms with Gasteiger partial charge in [-0.15, -0.1) is 0 Å². The van der Waals surface area contributed by atoms with Crippen LogP contribution in [0, 0.1) is 0 Å². The lowest BCUT2D eigenvalue weighted by Crippen LogP contribution is -2.11. The van der Waals surface area contributed by atoms with Crippen molar-refractivity contribution in [1.29, 1.82) is 0 Å². The Hall–Kier alpha value is -2.18. The van der Waals surface area contributed by atoms with E-state index < -0.39 is 11.7 Å². The van der Waals surface area contributed by atoms with E-state index in [4.69, 9.17) is 9.47 Å². The highest BCUT2D eigenvalue weighted by molar-refractivity contribution is 5.77. The smallest absolute Gasteiger partial charge is 0.416 e. The minimum atomic E-state index is -4.37. The molecule has 1 aliphatic rings. The lowest BCUT2D eigenvalue weighted by atomic mass is 10.2. The Labute approximate surface area is 139 Å². The third kappa shape index (κ3) is 4.21. The molecule has 0 spiro atoms. The zero-order chi connectivity index (χ0) is 17.0. The number of hydrogen-bond donors (Lipinski definition) is 0. The summed E-state index contributed by atoms with van der Waals surface area (Å²) in [5.41, 5.74) is 0.270. The molecule has 4 nitrogen and oxygen atoms in total. The molecule has 3 rings (SSSR count). The summed E-state index contributed by atoms with van der Waals surface area (Å²) in [4.78, 5) is 4.27. The predicted octanol–water partition coefficient (Wildman–Crippen LogP) is 4.69. The molecule has 134 valence electrons. The summed E-state index contributed by atoms with van der Waals surface area (Å²) >= 11 is 0. The van der Waals surface area contributed by atoms with Gasteiger partial charge in [-0.3, -0.25) is 0 Å². The Morgan fingerprint density at radius 2 is 1.92 bits per heavy atom. The number of benzene rings is 1. The fourth-order valence-electron chi connectivity index (χ4n) is 2.24. The third-order valence-electron chi connectivity index (χ3n) is 3.34. The van der Waals surface area contributed by atoms with Crippen LogP contribution in [0.2, 0.25) is 0 Å². The summed E-state index contributed by atoms with van der Waals surface area (Å²) in [7, 11) is 1.77.